The molecule has 2 heteroatoms. The largest absolute Gasteiger partial charge is 0.390 e. The minimum atomic E-state index is -0.942. The third kappa shape index (κ3) is 2.37. The maximum atomic E-state index is 10.4. The van der Waals surface area contributed by atoms with Crippen LogP contribution in [0.3, 0.4) is 0 Å². The van der Waals surface area contributed by atoms with E-state index < -0.39 is 11.7 Å². The molecule has 0 saturated heterocycles. The van der Waals surface area contributed by atoms with Gasteiger partial charge in [0.25, 0.3) is 0 Å². The highest BCUT2D eigenvalue weighted by atomic mass is 16.3. The zero-order valence-electron chi connectivity index (χ0n) is 9.08. The van der Waals surface area contributed by atoms with Gasteiger partial charge in [-0.3, -0.25) is 0 Å². The predicted molar refractivity (Wildman–Crippen MR) is 58.0 cm³/mol. The van der Waals surface area contributed by atoms with E-state index in [1.165, 1.54) is 19.3 Å². The van der Waals surface area contributed by atoms with Crippen molar-refractivity contribution in [2.24, 2.45) is 5.92 Å². The zero-order chi connectivity index (χ0) is 10.6. The van der Waals surface area contributed by atoms with Crippen molar-refractivity contribution in [2.45, 2.75) is 57.2 Å². The van der Waals surface area contributed by atoms with Crippen molar-refractivity contribution < 1.29 is 10.2 Å². The Morgan fingerprint density at radius 2 is 2.00 bits per heavy atom. The summed E-state index contributed by atoms with van der Waals surface area (Å²) in [6, 6.07) is 0. The number of hydrogen-bond donors (Lipinski definition) is 2. The molecule has 1 saturated carbocycles. The van der Waals surface area contributed by atoms with E-state index in [9.17, 15) is 10.2 Å². The van der Waals surface area contributed by atoms with Crippen LogP contribution in [-0.4, -0.2) is 21.9 Å². The molecule has 1 aliphatic carbocycles. The van der Waals surface area contributed by atoms with Gasteiger partial charge in [-0.1, -0.05) is 25.3 Å². The third-order valence-corrected chi connectivity index (χ3v) is 3.51. The molecule has 0 aromatic rings. The molecule has 82 valence electrons. The van der Waals surface area contributed by atoms with E-state index >= 15 is 0 Å². The maximum Gasteiger partial charge on any atom is 0.0964 e. The van der Waals surface area contributed by atoms with Crippen molar-refractivity contribution in [3.63, 3.8) is 0 Å². The molecule has 0 spiro atoms. The summed E-state index contributed by atoms with van der Waals surface area (Å²) in [4.78, 5) is 0. The van der Waals surface area contributed by atoms with E-state index in [0.717, 1.165) is 12.8 Å². The summed E-state index contributed by atoms with van der Waals surface area (Å²) in [5.74, 6) is 0.245. The van der Waals surface area contributed by atoms with Crippen LogP contribution in [0.2, 0.25) is 0 Å². The van der Waals surface area contributed by atoms with E-state index in [4.69, 9.17) is 0 Å². The van der Waals surface area contributed by atoms with E-state index in [0.29, 0.717) is 6.42 Å². The van der Waals surface area contributed by atoms with Gasteiger partial charge in [0.2, 0.25) is 0 Å². The first-order chi connectivity index (χ1) is 6.61. The number of hydrogen-bond acceptors (Lipinski definition) is 2. The molecular weight excluding hydrogens is 176 g/mol. The average Bonchev–Trinajstić information content (AvgIpc) is 2.19. The average molecular weight is 198 g/mol. The van der Waals surface area contributed by atoms with Gasteiger partial charge in [0.15, 0.2) is 0 Å². The SMILES string of the molecule is C=CCC(O)(C(C)O)C1CCCCC1. The Balaban J connectivity index is 2.68. The fraction of sp³-hybridized carbons (Fsp3) is 0.833. The van der Waals surface area contributed by atoms with Crippen LogP contribution >= 0.6 is 0 Å². The molecule has 0 radical (unpaired) electrons. The molecule has 0 amide bonds. The second kappa shape index (κ2) is 4.94. The van der Waals surface area contributed by atoms with Crippen LogP contribution in [-0.2, 0) is 0 Å². The standard InChI is InChI=1S/C12H22O2/c1-3-9-12(14,10(2)13)11-7-5-4-6-8-11/h3,10-11,13-14H,1,4-9H2,2H3. The van der Waals surface area contributed by atoms with Gasteiger partial charge in [-0.25, -0.2) is 0 Å². The van der Waals surface area contributed by atoms with Gasteiger partial charge < -0.3 is 10.2 Å². The first-order valence-electron chi connectivity index (χ1n) is 5.62. The van der Waals surface area contributed by atoms with Crippen LogP contribution in [0.15, 0.2) is 12.7 Å². The fourth-order valence-corrected chi connectivity index (χ4v) is 2.51. The van der Waals surface area contributed by atoms with Crippen molar-refractivity contribution in [2.75, 3.05) is 0 Å². The molecule has 0 aliphatic heterocycles. The Bertz CT molecular complexity index is 183. The van der Waals surface area contributed by atoms with Crippen LogP contribution in [0.5, 0.6) is 0 Å². The smallest absolute Gasteiger partial charge is 0.0964 e. The van der Waals surface area contributed by atoms with Crippen LogP contribution < -0.4 is 0 Å². The van der Waals surface area contributed by atoms with E-state index in [1.807, 2.05) is 0 Å². The molecular formula is C12H22O2. The molecule has 2 atom stereocenters. The summed E-state index contributed by atoms with van der Waals surface area (Å²) < 4.78 is 0. The summed E-state index contributed by atoms with van der Waals surface area (Å²) in [6.45, 7) is 5.33. The first-order valence-corrected chi connectivity index (χ1v) is 5.62. The Morgan fingerprint density at radius 3 is 2.43 bits per heavy atom. The molecule has 2 N–H and O–H groups in total. The second-order valence-electron chi connectivity index (χ2n) is 4.49. The quantitative estimate of drug-likeness (QED) is 0.680. The summed E-state index contributed by atoms with van der Waals surface area (Å²) in [5, 5.41) is 20.0. The zero-order valence-corrected chi connectivity index (χ0v) is 9.08. The topological polar surface area (TPSA) is 40.5 Å². The van der Waals surface area contributed by atoms with Crippen molar-refractivity contribution in [3.05, 3.63) is 12.7 Å². The molecule has 1 rings (SSSR count). The molecule has 1 aliphatic rings. The highest BCUT2D eigenvalue weighted by Gasteiger charge is 2.40. The Hall–Kier alpha value is -0.340. The molecule has 14 heavy (non-hydrogen) atoms. The minimum Gasteiger partial charge on any atom is -0.390 e. The lowest BCUT2D eigenvalue weighted by molar-refractivity contribution is -0.112. The highest BCUT2D eigenvalue weighted by Crippen LogP contribution is 2.37. The highest BCUT2D eigenvalue weighted by molar-refractivity contribution is 4.96. The first kappa shape index (κ1) is 11.7. The molecule has 2 nitrogen and oxygen atoms in total. The van der Waals surface area contributed by atoms with Crippen LogP contribution in [0.4, 0.5) is 0 Å². The van der Waals surface area contributed by atoms with Gasteiger partial charge in [-0.15, -0.1) is 6.58 Å². The molecule has 0 aromatic carbocycles. The molecule has 2 unspecified atom stereocenters. The van der Waals surface area contributed by atoms with Gasteiger partial charge >= 0.3 is 0 Å². The summed E-state index contributed by atoms with van der Waals surface area (Å²) in [7, 11) is 0. The monoisotopic (exact) mass is 198 g/mol. The Labute approximate surface area is 86.6 Å². The normalized spacial score (nSPS) is 25.4. The molecule has 0 aromatic heterocycles. The van der Waals surface area contributed by atoms with Crippen LogP contribution in [0.1, 0.15) is 45.4 Å². The van der Waals surface area contributed by atoms with Gasteiger partial charge in [-0.05, 0) is 32.1 Å². The molecule has 0 heterocycles. The summed E-state index contributed by atoms with van der Waals surface area (Å²) >= 11 is 0. The van der Waals surface area contributed by atoms with Gasteiger partial charge in [-0.2, -0.15) is 0 Å². The van der Waals surface area contributed by atoms with Crippen molar-refractivity contribution in [1.82, 2.24) is 0 Å². The minimum absolute atomic E-state index is 0.245. The Kier molecular flexibility index (Phi) is 4.14. The maximum absolute atomic E-state index is 10.4. The van der Waals surface area contributed by atoms with Gasteiger partial charge in [0, 0.05) is 0 Å². The van der Waals surface area contributed by atoms with Crippen molar-refractivity contribution >= 4 is 0 Å². The summed E-state index contributed by atoms with van der Waals surface area (Å²) in [6.07, 6.45) is 7.23. The summed E-state index contributed by atoms with van der Waals surface area (Å²) in [5.41, 5.74) is -0.942. The van der Waals surface area contributed by atoms with Gasteiger partial charge in [0.1, 0.15) is 0 Å². The number of aliphatic hydroxyl groups is 2. The number of aliphatic hydroxyl groups excluding tert-OH is 1. The third-order valence-electron chi connectivity index (χ3n) is 3.51. The lowest BCUT2D eigenvalue weighted by Gasteiger charge is -2.40. The Morgan fingerprint density at radius 1 is 1.43 bits per heavy atom. The van der Waals surface area contributed by atoms with Crippen molar-refractivity contribution in [1.29, 1.82) is 0 Å². The van der Waals surface area contributed by atoms with Gasteiger partial charge in [0.05, 0.1) is 11.7 Å². The van der Waals surface area contributed by atoms with E-state index in [2.05, 4.69) is 6.58 Å². The van der Waals surface area contributed by atoms with Crippen LogP contribution in [0.25, 0.3) is 0 Å². The molecule has 0 bridgehead atoms. The number of rotatable bonds is 4. The second-order valence-corrected chi connectivity index (χ2v) is 4.49. The van der Waals surface area contributed by atoms with E-state index in [-0.39, 0.29) is 5.92 Å². The fourth-order valence-electron chi connectivity index (χ4n) is 2.51. The van der Waals surface area contributed by atoms with E-state index in [1.54, 1.807) is 13.0 Å². The van der Waals surface area contributed by atoms with Crippen molar-refractivity contribution in [3.8, 4) is 0 Å². The lowest BCUT2D eigenvalue weighted by atomic mass is 9.73. The predicted octanol–water partition coefficient (Wildman–Crippen LogP) is 2.25. The molecule has 1 fully saturated rings. The lowest BCUT2D eigenvalue weighted by Crippen LogP contribution is -2.47. The van der Waals surface area contributed by atoms with Crippen LogP contribution in [0, 0.1) is 5.92 Å².